The Bertz CT molecular complexity index is 677. The Labute approximate surface area is 173 Å². The van der Waals surface area contributed by atoms with E-state index in [0.29, 0.717) is 0 Å². The second-order valence-corrected chi connectivity index (χ2v) is 15.6. The van der Waals surface area contributed by atoms with Gasteiger partial charge < -0.3 is 9.26 Å². The Kier molecular flexibility index (Phi) is 5.24. The lowest BCUT2D eigenvalue weighted by molar-refractivity contribution is -0.0941. The number of rotatable bonds is 3. The van der Waals surface area contributed by atoms with E-state index in [9.17, 15) is 0 Å². The summed E-state index contributed by atoms with van der Waals surface area (Å²) in [4.78, 5) is 5.07. The van der Waals surface area contributed by atoms with Gasteiger partial charge in [0.2, 0.25) is 0 Å². The number of nitrogens with zero attached hydrogens (tertiary/aromatic N) is 1. The van der Waals surface area contributed by atoms with Crippen molar-refractivity contribution < 1.29 is 9.26 Å². The predicted molar refractivity (Wildman–Crippen MR) is 118 cm³/mol. The van der Waals surface area contributed by atoms with Gasteiger partial charge in [-0.05, 0) is 107 Å². The fourth-order valence-corrected chi connectivity index (χ4v) is 9.28. The van der Waals surface area contributed by atoms with Crippen molar-refractivity contribution in [3.8, 4) is 12.3 Å². The minimum atomic E-state index is -1.69. The van der Waals surface area contributed by atoms with E-state index >= 15 is 0 Å². The van der Waals surface area contributed by atoms with Crippen LogP contribution >= 0.6 is 0 Å². The van der Waals surface area contributed by atoms with Gasteiger partial charge >= 0.3 is 0 Å². The number of hydrogen-bond donors (Lipinski definition) is 0. The Balaban J connectivity index is 1.56. The molecule has 0 aromatic rings. The molecule has 0 aliphatic heterocycles. The summed E-state index contributed by atoms with van der Waals surface area (Å²) in [5.41, 5.74) is 1.13. The molecule has 0 heterocycles. The summed E-state index contributed by atoms with van der Waals surface area (Å²) >= 11 is 0. The summed E-state index contributed by atoms with van der Waals surface area (Å²) < 4.78 is 6.81. The van der Waals surface area contributed by atoms with Crippen LogP contribution in [0.5, 0.6) is 0 Å². The second-order valence-electron chi connectivity index (χ2n) is 11.2. The van der Waals surface area contributed by atoms with Gasteiger partial charge in [-0.2, -0.15) is 0 Å². The van der Waals surface area contributed by atoms with Crippen LogP contribution in [0.1, 0.15) is 64.7 Å². The van der Waals surface area contributed by atoms with Crippen LogP contribution in [-0.4, -0.2) is 26.7 Å². The molecule has 0 aromatic heterocycles. The van der Waals surface area contributed by atoms with Gasteiger partial charge in [-0.3, -0.25) is 0 Å². The third-order valence-corrected chi connectivity index (χ3v) is 9.80. The fourth-order valence-electron chi connectivity index (χ4n) is 7.84. The van der Waals surface area contributed by atoms with Crippen LogP contribution in [0.25, 0.3) is 0 Å². The van der Waals surface area contributed by atoms with E-state index in [1.54, 1.807) is 7.11 Å². The van der Waals surface area contributed by atoms with Crippen LogP contribution in [0.3, 0.4) is 0 Å². The molecule has 28 heavy (non-hydrogen) atoms. The molecule has 0 N–H and O–H groups in total. The molecule has 4 aliphatic carbocycles. The Morgan fingerprint density at radius 3 is 2.50 bits per heavy atom. The van der Waals surface area contributed by atoms with E-state index in [0.717, 1.165) is 48.9 Å². The van der Waals surface area contributed by atoms with Crippen molar-refractivity contribution in [3.05, 3.63) is 0 Å². The van der Waals surface area contributed by atoms with Crippen LogP contribution in [0.2, 0.25) is 19.6 Å². The molecule has 4 heteroatoms. The Morgan fingerprint density at radius 1 is 1.04 bits per heavy atom. The van der Waals surface area contributed by atoms with E-state index in [-0.39, 0.29) is 11.0 Å². The van der Waals surface area contributed by atoms with Crippen molar-refractivity contribution in [1.82, 2.24) is 0 Å². The van der Waals surface area contributed by atoms with Crippen molar-refractivity contribution >= 4 is 14.0 Å². The molecule has 0 bridgehead atoms. The first-order valence-electron chi connectivity index (χ1n) is 11.5. The van der Waals surface area contributed by atoms with Gasteiger partial charge in [0.15, 0.2) is 8.32 Å². The van der Waals surface area contributed by atoms with Gasteiger partial charge in [-0.25, -0.2) is 0 Å². The van der Waals surface area contributed by atoms with Crippen molar-refractivity contribution in [2.75, 3.05) is 7.11 Å². The lowest BCUT2D eigenvalue weighted by Gasteiger charge is -2.57. The van der Waals surface area contributed by atoms with Crippen LogP contribution in [0.4, 0.5) is 0 Å². The monoisotopic (exact) mass is 401 g/mol. The number of terminal acetylenes is 1. The van der Waals surface area contributed by atoms with E-state index in [1.165, 1.54) is 44.2 Å². The third-order valence-electron chi connectivity index (χ3n) is 8.84. The normalized spacial score (nSPS) is 47.0. The van der Waals surface area contributed by atoms with Crippen molar-refractivity contribution in [1.29, 1.82) is 0 Å². The van der Waals surface area contributed by atoms with E-state index < -0.39 is 8.32 Å². The zero-order valence-electron chi connectivity index (χ0n) is 18.6. The van der Waals surface area contributed by atoms with Gasteiger partial charge in [0.05, 0.1) is 5.71 Å². The highest BCUT2D eigenvalue weighted by atomic mass is 28.4. The first kappa shape index (κ1) is 20.5. The molecule has 4 rings (SSSR count). The maximum atomic E-state index is 6.81. The predicted octanol–water partition coefficient (Wildman–Crippen LogP) is 5.86. The Hall–Kier alpha value is -0.793. The first-order valence-corrected chi connectivity index (χ1v) is 14.9. The fraction of sp³-hybridized carbons (Fsp3) is 0.875. The maximum absolute atomic E-state index is 6.81. The summed E-state index contributed by atoms with van der Waals surface area (Å²) in [5, 5.41) is 4.29. The summed E-state index contributed by atoms with van der Waals surface area (Å²) in [6.07, 6.45) is 17.5. The summed E-state index contributed by atoms with van der Waals surface area (Å²) in [6, 6.07) is 0. The van der Waals surface area contributed by atoms with E-state index in [4.69, 9.17) is 15.7 Å². The minimum absolute atomic E-state index is 0.160. The summed E-state index contributed by atoms with van der Waals surface area (Å²) in [5.74, 6) is 7.42. The van der Waals surface area contributed by atoms with Crippen molar-refractivity contribution in [2.45, 2.75) is 90.0 Å². The van der Waals surface area contributed by atoms with E-state index in [2.05, 4.69) is 37.6 Å². The number of oxime groups is 1. The zero-order chi connectivity index (χ0) is 20.2. The molecule has 0 radical (unpaired) electrons. The lowest BCUT2D eigenvalue weighted by atomic mass is 9.49. The van der Waals surface area contributed by atoms with Crippen LogP contribution < -0.4 is 0 Å². The maximum Gasteiger partial charge on any atom is 0.185 e. The second kappa shape index (κ2) is 7.17. The molecule has 0 unspecified atom stereocenters. The number of fused-ring (bicyclic) bond motifs is 5. The molecule has 4 saturated carbocycles. The van der Waals surface area contributed by atoms with Crippen molar-refractivity contribution in [3.63, 3.8) is 0 Å². The molecule has 3 nitrogen and oxygen atoms in total. The van der Waals surface area contributed by atoms with Gasteiger partial charge in [-0.1, -0.05) is 18.0 Å². The van der Waals surface area contributed by atoms with Gasteiger partial charge in [0.1, 0.15) is 12.7 Å². The Morgan fingerprint density at radius 2 is 1.82 bits per heavy atom. The highest BCUT2D eigenvalue weighted by molar-refractivity contribution is 6.69. The van der Waals surface area contributed by atoms with Crippen LogP contribution in [0, 0.1) is 47.3 Å². The molecule has 0 amide bonds. The molecule has 0 saturated heterocycles. The first-order chi connectivity index (χ1) is 13.2. The van der Waals surface area contributed by atoms with Crippen LogP contribution in [-0.2, 0) is 9.26 Å². The van der Waals surface area contributed by atoms with Gasteiger partial charge in [-0.15, -0.1) is 6.42 Å². The molecule has 4 fully saturated rings. The quantitative estimate of drug-likeness (QED) is 0.337. The van der Waals surface area contributed by atoms with E-state index in [1.807, 2.05) is 0 Å². The highest BCUT2D eigenvalue weighted by Crippen LogP contribution is 2.66. The van der Waals surface area contributed by atoms with Crippen LogP contribution in [0.15, 0.2) is 5.16 Å². The SMILES string of the molecule is C#C[C@]1(O[Si](C)(C)C)CC[C@H]2[C@@H]3CC[C@@H]4C/C(=N/OC)CC[C@@H]4[C@H]3CC[C@@]21C. The molecule has 156 valence electrons. The van der Waals surface area contributed by atoms with Crippen molar-refractivity contribution in [2.24, 2.45) is 40.2 Å². The largest absolute Gasteiger partial charge is 0.401 e. The summed E-state index contributed by atoms with van der Waals surface area (Å²) in [7, 11) is -0.0148. The number of hydrogen-bond acceptors (Lipinski definition) is 3. The molecule has 0 aromatic carbocycles. The van der Waals surface area contributed by atoms with Gasteiger partial charge in [0.25, 0.3) is 0 Å². The molecule has 4 aliphatic rings. The molecule has 7 atom stereocenters. The van der Waals surface area contributed by atoms with Gasteiger partial charge in [0, 0.05) is 5.41 Å². The average Bonchev–Trinajstić information content (AvgIpc) is 2.93. The zero-order valence-corrected chi connectivity index (χ0v) is 19.6. The average molecular weight is 402 g/mol. The standard InChI is InChI=1S/C24H39NO2Si/c1-7-24(27-28(4,5)6)15-13-22-21-10-8-17-16-18(25-26-3)9-11-19(17)20(21)12-14-23(22,24)2/h1,17,19-22H,8-16H2,2-6H3/b25-18+/t17-,19+,20-,21-,22+,23+,24+/m1/s1. The molecule has 0 spiro atoms. The minimum Gasteiger partial charge on any atom is -0.401 e. The highest BCUT2D eigenvalue weighted by Gasteiger charge is 2.64. The molecular weight excluding hydrogens is 362 g/mol. The topological polar surface area (TPSA) is 30.8 Å². The smallest absolute Gasteiger partial charge is 0.185 e. The lowest BCUT2D eigenvalue weighted by Crippen LogP contribution is -2.56. The molecular formula is C24H39NO2Si. The summed E-state index contributed by atoms with van der Waals surface area (Å²) in [6.45, 7) is 9.36. The third kappa shape index (κ3) is 3.17.